The zero-order valence-electron chi connectivity index (χ0n) is 13.1. The lowest BCUT2D eigenvalue weighted by atomic mass is 10.0. The molecule has 0 saturated carbocycles. The average Bonchev–Trinajstić information content (AvgIpc) is 2.92. The molecule has 2 atom stereocenters. The fourth-order valence-corrected chi connectivity index (χ4v) is 3.60. The van der Waals surface area contributed by atoms with Gasteiger partial charge in [-0.05, 0) is 55.5 Å². The topological polar surface area (TPSA) is 21.3 Å². The first-order valence-corrected chi connectivity index (χ1v) is 8.33. The van der Waals surface area contributed by atoms with Crippen molar-refractivity contribution in [3.05, 3.63) is 64.2 Å². The summed E-state index contributed by atoms with van der Waals surface area (Å²) in [4.78, 5) is 0. The molecule has 1 aliphatic rings. The third-order valence-electron chi connectivity index (χ3n) is 4.35. The molecule has 116 valence electrons. The van der Waals surface area contributed by atoms with Crippen LogP contribution in [0.15, 0.2) is 42.5 Å². The highest BCUT2D eigenvalue weighted by molar-refractivity contribution is 6.31. The lowest BCUT2D eigenvalue weighted by Gasteiger charge is -2.22. The van der Waals surface area contributed by atoms with Crippen molar-refractivity contribution in [1.82, 2.24) is 5.32 Å². The van der Waals surface area contributed by atoms with Gasteiger partial charge in [0.2, 0.25) is 0 Å². The summed E-state index contributed by atoms with van der Waals surface area (Å²) in [7, 11) is 0. The van der Waals surface area contributed by atoms with E-state index in [1.165, 1.54) is 11.1 Å². The van der Waals surface area contributed by atoms with Crippen molar-refractivity contribution in [1.29, 1.82) is 0 Å². The molecule has 0 saturated heterocycles. The summed E-state index contributed by atoms with van der Waals surface area (Å²) in [6, 6.07) is 15.0. The molecule has 2 nitrogen and oxygen atoms in total. The number of hydrogen-bond donors (Lipinski definition) is 1. The van der Waals surface area contributed by atoms with E-state index in [1.54, 1.807) is 0 Å². The van der Waals surface area contributed by atoms with Crippen LogP contribution in [0.25, 0.3) is 0 Å². The Morgan fingerprint density at radius 3 is 2.82 bits per heavy atom. The van der Waals surface area contributed by atoms with Crippen molar-refractivity contribution in [2.24, 2.45) is 0 Å². The zero-order valence-corrected chi connectivity index (χ0v) is 13.9. The SMILES string of the molecule is CCOc1cccc2c1CCC2NC(C)c1ccccc1Cl. The Labute approximate surface area is 137 Å². The van der Waals surface area contributed by atoms with E-state index >= 15 is 0 Å². The minimum Gasteiger partial charge on any atom is -0.494 e. The lowest BCUT2D eigenvalue weighted by molar-refractivity contribution is 0.337. The molecule has 1 N–H and O–H groups in total. The minimum atomic E-state index is 0.223. The van der Waals surface area contributed by atoms with Crippen LogP contribution in [0.1, 0.15) is 49.0 Å². The van der Waals surface area contributed by atoms with E-state index in [2.05, 4.69) is 36.5 Å². The van der Waals surface area contributed by atoms with Gasteiger partial charge >= 0.3 is 0 Å². The number of rotatable bonds is 5. The van der Waals surface area contributed by atoms with Crippen molar-refractivity contribution < 1.29 is 4.74 Å². The van der Waals surface area contributed by atoms with Crippen molar-refractivity contribution >= 4 is 11.6 Å². The van der Waals surface area contributed by atoms with Gasteiger partial charge in [-0.15, -0.1) is 0 Å². The van der Waals surface area contributed by atoms with Crippen LogP contribution in [0, 0.1) is 0 Å². The number of nitrogens with one attached hydrogen (secondary N) is 1. The van der Waals surface area contributed by atoms with Crippen LogP contribution in [0.3, 0.4) is 0 Å². The molecule has 2 unspecified atom stereocenters. The molecule has 0 heterocycles. The lowest BCUT2D eigenvalue weighted by Crippen LogP contribution is -2.23. The summed E-state index contributed by atoms with van der Waals surface area (Å²) in [6.45, 7) is 4.92. The van der Waals surface area contributed by atoms with Gasteiger partial charge in [0.15, 0.2) is 0 Å². The molecule has 2 aromatic rings. The van der Waals surface area contributed by atoms with Gasteiger partial charge in [-0.25, -0.2) is 0 Å². The van der Waals surface area contributed by atoms with Gasteiger partial charge in [0.25, 0.3) is 0 Å². The highest BCUT2D eigenvalue weighted by atomic mass is 35.5. The Morgan fingerprint density at radius 2 is 2.05 bits per heavy atom. The smallest absolute Gasteiger partial charge is 0.122 e. The third kappa shape index (κ3) is 2.99. The first-order chi connectivity index (χ1) is 10.7. The Hall–Kier alpha value is -1.51. The third-order valence-corrected chi connectivity index (χ3v) is 4.69. The average molecular weight is 316 g/mol. The Bertz CT molecular complexity index is 656. The highest BCUT2D eigenvalue weighted by Gasteiger charge is 2.26. The second kappa shape index (κ2) is 6.72. The van der Waals surface area contributed by atoms with E-state index in [0.29, 0.717) is 12.6 Å². The standard InChI is InChI=1S/C19H22ClNO/c1-3-22-19-10-6-8-15-16(19)11-12-18(15)21-13(2)14-7-4-5-9-17(14)20/h4-10,13,18,21H,3,11-12H2,1-2H3. The monoisotopic (exact) mass is 315 g/mol. The second-order valence-electron chi connectivity index (χ2n) is 5.76. The number of halogens is 1. The van der Waals surface area contributed by atoms with Crippen LogP contribution in [0.5, 0.6) is 5.75 Å². The largest absolute Gasteiger partial charge is 0.494 e. The first kappa shape index (κ1) is 15.4. The van der Waals surface area contributed by atoms with E-state index in [4.69, 9.17) is 16.3 Å². The Balaban J connectivity index is 1.79. The van der Waals surface area contributed by atoms with Crippen molar-refractivity contribution in [3.8, 4) is 5.75 Å². The highest BCUT2D eigenvalue weighted by Crippen LogP contribution is 2.38. The number of ether oxygens (including phenoxy) is 1. The predicted molar refractivity (Wildman–Crippen MR) is 91.7 cm³/mol. The number of fused-ring (bicyclic) bond motifs is 1. The van der Waals surface area contributed by atoms with Gasteiger partial charge in [0.05, 0.1) is 6.61 Å². The summed E-state index contributed by atoms with van der Waals surface area (Å²) < 4.78 is 5.76. The number of benzene rings is 2. The maximum atomic E-state index is 6.31. The molecule has 1 aliphatic carbocycles. The maximum absolute atomic E-state index is 6.31. The van der Waals surface area contributed by atoms with Gasteiger partial charge in [0, 0.05) is 17.1 Å². The van der Waals surface area contributed by atoms with E-state index in [-0.39, 0.29) is 6.04 Å². The maximum Gasteiger partial charge on any atom is 0.122 e. The molecular formula is C19H22ClNO. The van der Waals surface area contributed by atoms with Crippen LogP contribution in [-0.4, -0.2) is 6.61 Å². The second-order valence-corrected chi connectivity index (χ2v) is 6.17. The van der Waals surface area contributed by atoms with Crippen molar-refractivity contribution in [2.45, 2.75) is 38.8 Å². The molecule has 0 aliphatic heterocycles. The molecule has 0 spiro atoms. The summed E-state index contributed by atoms with van der Waals surface area (Å²) in [5.41, 5.74) is 3.87. The van der Waals surface area contributed by atoms with Crippen molar-refractivity contribution in [3.63, 3.8) is 0 Å². The van der Waals surface area contributed by atoms with Crippen LogP contribution in [0.4, 0.5) is 0 Å². The van der Waals surface area contributed by atoms with E-state index in [1.807, 2.05) is 25.1 Å². The molecule has 2 aromatic carbocycles. The minimum absolute atomic E-state index is 0.223. The van der Waals surface area contributed by atoms with Gasteiger partial charge in [-0.3, -0.25) is 0 Å². The van der Waals surface area contributed by atoms with E-state index in [9.17, 15) is 0 Å². The molecule has 22 heavy (non-hydrogen) atoms. The summed E-state index contributed by atoms with van der Waals surface area (Å²) >= 11 is 6.31. The first-order valence-electron chi connectivity index (χ1n) is 7.95. The van der Waals surface area contributed by atoms with Crippen LogP contribution in [-0.2, 0) is 6.42 Å². The van der Waals surface area contributed by atoms with Gasteiger partial charge in [-0.1, -0.05) is 41.9 Å². The molecule has 0 radical (unpaired) electrons. The van der Waals surface area contributed by atoms with E-state index in [0.717, 1.165) is 29.2 Å². The van der Waals surface area contributed by atoms with Crippen LogP contribution < -0.4 is 10.1 Å². The number of hydrogen-bond acceptors (Lipinski definition) is 2. The molecular weight excluding hydrogens is 294 g/mol. The Kier molecular flexibility index (Phi) is 4.70. The van der Waals surface area contributed by atoms with Crippen LogP contribution >= 0.6 is 11.6 Å². The molecule has 0 bridgehead atoms. The molecule has 0 fully saturated rings. The van der Waals surface area contributed by atoms with Crippen molar-refractivity contribution in [2.75, 3.05) is 6.61 Å². The van der Waals surface area contributed by atoms with Gasteiger partial charge < -0.3 is 10.1 Å². The summed E-state index contributed by atoms with van der Waals surface area (Å²) in [5.74, 6) is 1.04. The zero-order chi connectivity index (χ0) is 15.5. The molecule has 3 rings (SSSR count). The van der Waals surface area contributed by atoms with E-state index < -0.39 is 0 Å². The fraction of sp³-hybridized carbons (Fsp3) is 0.368. The van der Waals surface area contributed by atoms with Gasteiger partial charge in [-0.2, -0.15) is 0 Å². The molecule has 0 aromatic heterocycles. The quantitative estimate of drug-likeness (QED) is 0.831. The predicted octanol–water partition coefficient (Wildman–Crippen LogP) is 5.08. The molecule has 3 heteroatoms. The summed E-state index contributed by atoms with van der Waals surface area (Å²) in [5, 5.41) is 4.54. The van der Waals surface area contributed by atoms with Crippen LogP contribution in [0.2, 0.25) is 5.02 Å². The van der Waals surface area contributed by atoms with Gasteiger partial charge in [0.1, 0.15) is 5.75 Å². The summed E-state index contributed by atoms with van der Waals surface area (Å²) in [6.07, 6.45) is 2.17. The fourth-order valence-electron chi connectivity index (χ4n) is 3.30. The normalized spacial score (nSPS) is 18.0. The Morgan fingerprint density at radius 1 is 1.23 bits per heavy atom. The molecule has 0 amide bonds.